The number of nitrogens with zero attached hydrogens (tertiary/aromatic N) is 1. The van der Waals surface area contributed by atoms with Gasteiger partial charge in [-0.1, -0.05) is 17.4 Å². The third-order valence-corrected chi connectivity index (χ3v) is 4.50. The minimum Gasteiger partial charge on any atom is -0.465 e. The van der Waals surface area contributed by atoms with Gasteiger partial charge < -0.3 is 14.5 Å². The van der Waals surface area contributed by atoms with Gasteiger partial charge in [-0.3, -0.25) is 14.9 Å². The first-order valence-corrected chi connectivity index (χ1v) is 8.60. The number of aromatic nitrogens is 1. The lowest BCUT2D eigenvalue weighted by Gasteiger charge is -2.09. The third kappa shape index (κ3) is 4.21. The van der Waals surface area contributed by atoms with Gasteiger partial charge in [0.2, 0.25) is 0 Å². The molecular weight excluding hydrogens is 370 g/mol. The summed E-state index contributed by atoms with van der Waals surface area (Å²) in [6, 6.07) is 8.06. The number of methoxy groups -OCH3 is 1. The van der Waals surface area contributed by atoms with Crippen LogP contribution in [0.25, 0.3) is 0 Å². The van der Waals surface area contributed by atoms with Crippen LogP contribution in [0.5, 0.6) is 0 Å². The summed E-state index contributed by atoms with van der Waals surface area (Å²) in [5.74, 6) is -1.19. The van der Waals surface area contributed by atoms with Crippen molar-refractivity contribution in [3.63, 3.8) is 0 Å². The normalized spacial score (nSPS) is 10.3. The number of hydrogen-bond donors (Lipinski definition) is 2. The number of benzene rings is 1. The van der Waals surface area contributed by atoms with E-state index in [1.807, 2.05) is 6.92 Å². The van der Waals surface area contributed by atoms with Crippen molar-refractivity contribution in [3.8, 4) is 0 Å². The van der Waals surface area contributed by atoms with Crippen molar-refractivity contribution < 1.29 is 23.5 Å². The molecule has 8 nitrogen and oxygen atoms in total. The van der Waals surface area contributed by atoms with Crippen molar-refractivity contribution in [2.75, 3.05) is 17.7 Å². The molecule has 0 aliphatic heterocycles. The molecule has 2 aromatic heterocycles. The minimum atomic E-state index is -0.522. The minimum absolute atomic E-state index is 0.169. The number of aryl methyl sites for hydroxylation is 1. The fourth-order valence-electron chi connectivity index (χ4n) is 2.19. The molecule has 0 aliphatic carbocycles. The zero-order chi connectivity index (χ0) is 19.4. The molecule has 2 N–H and O–H groups in total. The summed E-state index contributed by atoms with van der Waals surface area (Å²) in [7, 11) is 1.27. The van der Waals surface area contributed by atoms with E-state index in [9.17, 15) is 14.4 Å². The maximum atomic E-state index is 12.4. The lowest BCUT2D eigenvalue weighted by molar-refractivity contribution is 0.0605. The molecule has 138 valence electrons. The van der Waals surface area contributed by atoms with Gasteiger partial charge in [-0.25, -0.2) is 9.78 Å². The Morgan fingerprint density at radius 3 is 2.67 bits per heavy atom. The van der Waals surface area contributed by atoms with E-state index in [2.05, 4.69) is 20.4 Å². The second-order valence-corrected chi connectivity index (χ2v) is 6.47. The van der Waals surface area contributed by atoms with Gasteiger partial charge in [0.25, 0.3) is 11.8 Å². The highest BCUT2D eigenvalue weighted by Crippen LogP contribution is 2.22. The summed E-state index contributed by atoms with van der Waals surface area (Å²) in [4.78, 5) is 40.3. The van der Waals surface area contributed by atoms with Gasteiger partial charge in [-0.15, -0.1) is 0 Å². The van der Waals surface area contributed by atoms with Gasteiger partial charge in [0.15, 0.2) is 10.9 Å². The summed E-state index contributed by atoms with van der Waals surface area (Å²) >= 11 is 1.01. The summed E-state index contributed by atoms with van der Waals surface area (Å²) in [6.45, 7) is 1.81. The number of hydrogen-bond acceptors (Lipinski definition) is 7. The van der Waals surface area contributed by atoms with Gasteiger partial charge in [0.1, 0.15) is 4.88 Å². The fourth-order valence-corrected chi connectivity index (χ4v) is 2.92. The number of esters is 1. The molecule has 0 bridgehead atoms. The number of carbonyl (C=O) groups is 3. The van der Waals surface area contributed by atoms with E-state index in [4.69, 9.17) is 4.42 Å². The lowest BCUT2D eigenvalue weighted by Crippen LogP contribution is -2.15. The average Bonchev–Trinajstić information content (AvgIpc) is 3.34. The lowest BCUT2D eigenvalue weighted by atomic mass is 10.1. The Kier molecular flexibility index (Phi) is 5.32. The maximum Gasteiger partial charge on any atom is 0.349 e. The Morgan fingerprint density at radius 1 is 1.15 bits per heavy atom. The zero-order valence-corrected chi connectivity index (χ0v) is 15.3. The summed E-state index contributed by atoms with van der Waals surface area (Å²) in [5.41, 5.74) is 1.59. The van der Waals surface area contributed by atoms with Crippen molar-refractivity contribution in [2.45, 2.75) is 6.92 Å². The molecule has 0 fully saturated rings. The number of nitrogens with one attached hydrogen (secondary N) is 2. The topological polar surface area (TPSA) is 111 Å². The number of furan rings is 1. The van der Waals surface area contributed by atoms with E-state index < -0.39 is 17.8 Å². The fraction of sp³-hybridized carbons (Fsp3) is 0.111. The van der Waals surface area contributed by atoms with Crippen LogP contribution in [0.1, 0.15) is 36.1 Å². The molecule has 27 heavy (non-hydrogen) atoms. The molecule has 0 saturated heterocycles. The van der Waals surface area contributed by atoms with Gasteiger partial charge in [0, 0.05) is 11.3 Å². The van der Waals surface area contributed by atoms with Crippen LogP contribution >= 0.6 is 11.3 Å². The Morgan fingerprint density at radius 2 is 1.96 bits per heavy atom. The van der Waals surface area contributed by atoms with Gasteiger partial charge >= 0.3 is 5.97 Å². The predicted molar refractivity (Wildman–Crippen MR) is 99.2 cm³/mol. The zero-order valence-electron chi connectivity index (χ0n) is 14.4. The molecule has 1 aromatic carbocycles. The molecule has 2 amide bonds. The van der Waals surface area contributed by atoms with Crippen molar-refractivity contribution in [1.82, 2.24) is 4.98 Å². The molecule has 2 heterocycles. The average molecular weight is 385 g/mol. The van der Waals surface area contributed by atoms with Crippen LogP contribution in [0.3, 0.4) is 0 Å². The SMILES string of the molecule is COC(=O)c1cnc(NC(=O)c2ccc(C)c(NC(=O)c3ccco3)c2)s1. The van der Waals surface area contributed by atoms with Gasteiger partial charge in [-0.05, 0) is 36.8 Å². The number of rotatable bonds is 5. The number of amides is 2. The number of ether oxygens (including phenoxy) is 1. The molecule has 3 rings (SSSR count). The van der Waals surface area contributed by atoms with E-state index in [0.717, 1.165) is 16.9 Å². The van der Waals surface area contributed by atoms with Crippen LogP contribution in [-0.4, -0.2) is 29.9 Å². The first-order chi connectivity index (χ1) is 13.0. The van der Waals surface area contributed by atoms with Crippen molar-refractivity contribution >= 4 is 39.9 Å². The highest BCUT2D eigenvalue weighted by molar-refractivity contribution is 7.17. The van der Waals surface area contributed by atoms with Crippen LogP contribution in [0.4, 0.5) is 10.8 Å². The highest BCUT2D eigenvalue weighted by atomic mass is 32.1. The monoisotopic (exact) mass is 385 g/mol. The van der Waals surface area contributed by atoms with E-state index >= 15 is 0 Å². The van der Waals surface area contributed by atoms with Crippen LogP contribution in [-0.2, 0) is 4.74 Å². The largest absolute Gasteiger partial charge is 0.465 e. The molecule has 0 atom stereocenters. The number of carbonyl (C=O) groups excluding carboxylic acids is 3. The summed E-state index contributed by atoms with van der Waals surface area (Å²) in [5, 5.41) is 5.59. The van der Waals surface area contributed by atoms with Crippen LogP contribution in [0.15, 0.2) is 47.2 Å². The Bertz CT molecular complexity index is 994. The Balaban J connectivity index is 1.74. The Labute approximate surface area is 158 Å². The molecule has 0 aliphatic rings. The predicted octanol–water partition coefficient (Wildman–Crippen LogP) is 3.34. The molecule has 0 spiro atoms. The van der Waals surface area contributed by atoms with E-state index in [1.54, 1.807) is 30.3 Å². The first kappa shape index (κ1) is 18.3. The van der Waals surface area contributed by atoms with Crippen LogP contribution in [0, 0.1) is 6.92 Å². The molecule has 0 saturated carbocycles. The maximum absolute atomic E-state index is 12.4. The summed E-state index contributed by atoms with van der Waals surface area (Å²) in [6.07, 6.45) is 2.73. The summed E-state index contributed by atoms with van der Waals surface area (Å²) < 4.78 is 9.67. The van der Waals surface area contributed by atoms with Crippen molar-refractivity contribution in [3.05, 3.63) is 64.6 Å². The van der Waals surface area contributed by atoms with Crippen molar-refractivity contribution in [2.24, 2.45) is 0 Å². The molecule has 0 radical (unpaired) electrons. The van der Waals surface area contributed by atoms with Crippen molar-refractivity contribution in [1.29, 1.82) is 0 Å². The molecule has 9 heteroatoms. The number of thiazole rings is 1. The first-order valence-electron chi connectivity index (χ1n) is 7.79. The second-order valence-electron chi connectivity index (χ2n) is 5.44. The highest BCUT2D eigenvalue weighted by Gasteiger charge is 2.15. The third-order valence-electron chi connectivity index (χ3n) is 3.61. The second kappa shape index (κ2) is 7.83. The smallest absolute Gasteiger partial charge is 0.349 e. The van der Waals surface area contributed by atoms with E-state index in [0.29, 0.717) is 11.3 Å². The molecular formula is C18H15N3O5S. The van der Waals surface area contributed by atoms with Crippen LogP contribution in [0.2, 0.25) is 0 Å². The molecule has 0 unspecified atom stereocenters. The van der Waals surface area contributed by atoms with E-state index in [-0.39, 0.29) is 15.8 Å². The Hall–Kier alpha value is -3.46. The molecule has 3 aromatic rings. The van der Waals surface area contributed by atoms with Gasteiger partial charge in [-0.2, -0.15) is 0 Å². The quantitative estimate of drug-likeness (QED) is 0.652. The van der Waals surface area contributed by atoms with E-state index in [1.165, 1.54) is 19.6 Å². The van der Waals surface area contributed by atoms with Crippen LogP contribution < -0.4 is 10.6 Å². The standard InChI is InChI=1S/C18H15N3O5S/c1-10-5-6-11(8-12(10)20-16(23)13-4-3-7-26-13)15(22)21-18-19-9-14(27-18)17(24)25-2/h3-9H,1-2H3,(H,20,23)(H,19,21,22). The number of anilines is 2. The van der Waals surface area contributed by atoms with Gasteiger partial charge in [0.05, 0.1) is 19.6 Å².